The van der Waals surface area contributed by atoms with Crippen molar-refractivity contribution in [3.8, 4) is 16.9 Å². The Morgan fingerprint density at radius 1 is 1.12 bits per heavy atom. The number of anilines is 1. The monoisotopic (exact) mass is 341 g/mol. The largest absolute Gasteiger partial charge is 0.497 e. The van der Waals surface area contributed by atoms with E-state index in [9.17, 15) is 4.79 Å². The fourth-order valence-electron chi connectivity index (χ4n) is 3.17. The van der Waals surface area contributed by atoms with E-state index in [2.05, 4.69) is 4.90 Å². The highest BCUT2D eigenvalue weighted by molar-refractivity contribution is 7.17. The molecule has 0 spiro atoms. The van der Waals surface area contributed by atoms with Crippen molar-refractivity contribution in [2.75, 3.05) is 25.1 Å². The molecule has 24 heavy (non-hydrogen) atoms. The third-order valence-corrected chi connectivity index (χ3v) is 5.48. The number of thiophene rings is 1. The minimum atomic E-state index is 0.0431. The van der Waals surface area contributed by atoms with Crippen molar-refractivity contribution in [3.63, 3.8) is 0 Å². The lowest BCUT2D eigenvalue weighted by molar-refractivity contribution is 0.415. The maximum atomic E-state index is 12.5. The van der Waals surface area contributed by atoms with E-state index in [0.717, 1.165) is 42.8 Å². The number of piperidine rings is 1. The number of benzene rings is 1. The summed E-state index contributed by atoms with van der Waals surface area (Å²) in [5, 5.41) is 2.00. The van der Waals surface area contributed by atoms with E-state index >= 15 is 0 Å². The summed E-state index contributed by atoms with van der Waals surface area (Å²) in [5.41, 5.74) is 2.73. The molecule has 1 aliphatic heterocycles. The van der Waals surface area contributed by atoms with Crippen molar-refractivity contribution < 1.29 is 9.15 Å². The number of ether oxygens (including phenoxy) is 1. The molecule has 0 radical (unpaired) electrons. The summed E-state index contributed by atoms with van der Waals surface area (Å²) in [6.07, 6.45) is 3.55. The van der Waals surface area contributed by atoms with E-state index in [0.29, 0.717) is 16.2 Å². The van der Waals surface area contributed by atoms with Crippen molar-refractivity contribution in [1.29, 1.82) is 0 Å². The molecule has 0 amide bonds. The highest BCUT2D eigenvalue weighted by Gasteiger charge is 2.18. The van der Waals surface area contributed by atoms with Crippen molar-refractivity contribution in [2.45, 2.75) is 19.3 Å². The SMILES string of the molecule is COc1ccc(-c2csc3c(=O)cc(N4CCCCC4)oc23)cc1. The molecule has 0 atom stereocenters. The zero-order valence-electron chi connectivity index (χ0n) is 13.6. The maximum Gasteiger partial charge on any atom is 0.204 e. The molecular weight excluding hydrogens is 322 g/mol. The minimum absolute atomic E-state index is 0.0431. The molecule has 4 nitrogen and oxygen atoms in total. The Hall–Kier alpha value is -2.27. The summed E-state index contributed by atoms with van der Waals surface area (Å²) < 4.78 is 12.1. The Balaban J connectivity index is 1.81. The summed E-state index contributed by atoms with van der Waals surface area (Å²) in [5.74, 6) is 1.51. The summed E-state index contributed by atoms with van der Waals surface area (Å²) in [6.45, 7) is 1.91. The van der Waals surface area contributed by atoms with Crippen LogP contribution in [0.5, 0.6) is 5.75 Å². The van der Waals surface area contributed by atoms with Crippen LogP contribution in [-0.2, 0) is 0 Å². The number of fused-ring (bicyclic) bond motifs is 1. The van der Waals surface area contributed by atoms with Gasteiger partial charge in [0.05, 0.1) is 7.11 Å². The van der Waals surface area contributed by atoms with Crippen molar-refractivity contribution in [2.24, 2.45) is 0 Å². The van der Waals surface area contributed by atoms with Crippen LogP contribution < -0.4 is 15.1 Å². The van der Waals surface area contributed by atoms with E-state index in [4.69, 9.17) is 9.15 Å². The minimum Gasteiger partial charge on any atom is -0.497 e. The van der Waals surface area contributed by atoms with Gasteiger partial charge in [0.15, 0.2) is 11.5 Å². The van der Waals surface area contributed by atoms with Gasteiger partial charge in [-0.2, -0.15) is 0 Å². The lowest BCUT2D eigenvalue weighted by Gasteiger charge is -2.26. The average Bonchev–Trinajstić information content (AvgIpc) is 3.07. The van der Waals surface area contributed by atoms with E-state index in [1.54, 1.807) is 13.2 Å². The lowest BCUT2D eigenvalue weighted by Crippen LogP contribution is -2.29. The zero-order chi connectivity index (χ0) is 16.5. The summed E-state index contributed by atoms with van der Waals surface area (Å²) >= 11 is 1.44. The van der Waals surface area contributed by atoms with Crippen LogP contribution in [0.4, 0.5) is 5.88 Å². The topological polar surface area (TPSA) is 42.7 Å². The highest BCUT2D eigenvalue weighted by Crippen LogP contribution is 2.35. The van der Waals surface area contributed by atoms with Gasteiger partial charge in [-0.3, -0.25) is 4.79 Å². The molecule has 1 fully saturated rings. The molecule has 0 N–H and O–H groups in total. The zero-order valence-corrected chi connectivity index (χ0v) is 14.4. The number of hydrogen-bond donors (Lipinski definition) is 0. The second kappa shape index (κ2) is 6.32. The van der Waals surface area contributed by atoms with Crippen LogP contribution in [0.1, 0.15) is 19.3 Å². The molecule has 124 valence electrons. The van der Waals surface area contributed by atoms with Gasteiger partial charge in [-0.25, -0.2) is 0 Å². The van der Waals surface area contributed by atoms with Gasteiger partial charge in [0.25, 0.3) is 0 Å². The van der Waals surface area contributed by atoms with Crippen LogP contribution in [0.15, 0.2) is 44.9 Å². The molecule has 3 heterocycles. The summed E-state index contributed by atoms with van der Waals surface area (Å²) in [7, 11) is 1.65. The van der Waals surface area contributed by atoms with Gasteiger partial charge < -0.3 is 14.1 Å². The summed E-state index contributed by atoms with van der Waals surface area (Å²) in [4.78, 5) is 14.7. The number of nitrogens with zero attached hydrogens (tertiary/aromatic N) is 1. The van der Waals surface area contributed by atoms with Crippen molar-refractivity contribution in [1.82, 2.24) is 0 Å². The first-order chi connectivity index (χ1) is 11.8. The van der Waals surface area contributed by atoms with E-state index in [1.807, 2.05) is 29.6 Å². The van der Waals surface area contributed by atoms with Gasteiger partial charge in [-0.15, -0.1) is 11.3 Å². The Kier molecular flexibility index (Phi) is 4.02. The first-order valence-electron chi connectivity index (χ1n) is 8.21. The third-order valence-electron chi connectivity index (χ3n) is 4.50. The first-order valence-corrected chi connectivity index (χ1v) is 9.09. The second-order valence-corrected chi connectivity index (χ2v) is 6.91. The number of rotatable bonds is 3. The molecule has 0 unspecified atom stereocenters. The molecule has 1 saturated heterocycles. The van der Waals surface area contributed by atoms with Crippen molar-refractivity contribution in [3.05, 3.63) is 45.9 Å². The van der Waals surface area contributed by atoms with E-state index in [1.165, 1.54) is 17.8 Å². The molecule has 0 saturated carbocycles. The smallest absolute Gasteiger partial charge is 0.204 e. The fourth-order valence-corrected chi connectivity index (χ4v) is 4.08. The van der Waals surface area contributed by atoms with Crippen LogP contribution >= 0.6 is 11.3 Å². The molecule has 0 bridgehead atoms. The van der Waals surface area contributed by atoms with Crippen molar-refractivity contribution >= 4 is 27.5 Å². The number of methoxy groups -OCH3 is 1. The van der Waals surface area contributed by atoms with Gasteiger partial charge in [0.2, 0.25) is 5.43 Å². The Bertz CT molecular complexity index is 905. The molecule has 3 aromatic rings. The molecule has 1 aromatic carbocycles. The van der Waals surface area contributed by atoms with Gasteiger partial charge in [0, 0.05) is 30.1 Å². The molecular formula is C19H19NO3S. The third kappa shape index (κ3) is 2.69. The van der Waals surface area contributed by atoms with Crippen LogP contribution in [0.3, 0.4) is 0 Å². The highest BCUT2D eigenvalue weighted by atomic mass is 32.1. The van der Waals surface area contributed by atoms with E-state index < -0.39 is 0 Å². The van der Waals surface area contributed by atoms with E-state index in [-0.39, 0.29) is 5.43 Å². The van der Waals surface area contributed by atoms with Crippen LogP contribution in [-0.4, -0.2) is 20.2 Å². The van der Waals surface area contributed by atoms with Gasteiger partial charge in [0.1, 0.15) is 10.4 Å². The quantitative estimate of drug-likeness (QED) is 0.702. The molecule has 1 aliphatic rings. The average molecular weight is 341 g/mol. The van der Waals surface area contributed by atoms with Gasteiger partial charge in [-0.1, -0.05) is 12.1 Å². The number of hydrogen-bond acceptors (Lipinski definition) is 5. The second-order valence-electron chi connectivity index (χ2n) is 6.03. The van der Waals surface area contributed by atoms with Crippen LogP contribution in [0.25, 0.3) is 21.4 Å². The molecule has 4 rings (SSSR count). The normalized spacial score (nSPS) is 15.0. The predicted molar refractivity (Wildman–Crippen MR) is 98.4 cm³/mol. The molecule has 2 aromatic heterocycles. The Morgan fingerprint density at radius 2 is 1.88 bits per heavy atom. The lowest BCUT2D eigenvalue weighted by atomic mass is 10.1. The standard InChI is InChI=1S/C19H19NO3S/c1-22-14-7-5-13(6-8-14)15-12-24-19-16(21)11-17(23-18(15)19)20-9-3-2-4-10-20/h5-8,11-12H,2-4,9-10H2,1H3. The molecule has 0 aliphatic carbocycles. The predicted octanol–water partition coefficient (Wildman–Crippen LogP) is 4.52. The molecule has 5 heteroatoms. The summed E-state index contributed by atoms with van der Waals surface area (Å²) in [6, 6.07) is 9.47. The fraction of sp³-hybridized carbons (Fsp3) is 0.316. The van der Waals surface area contributed by atoms with Crippen LogP contribution in [0, 0.1) is 0 Å². The van der Waals surface area contributed by atoms with Crippen LogP contribution in [0.2, 0.25) is 0 Å². The Labute approximate surface area is 144 Å². The maximum absolute atomic E-state index is 12.5. The van der Waals surface area contributed by atoms with Gasteiger partial charge >= 0.3 is 0 Å². The van der Waals surface area contributed by atoms with Gasteiger partial charge in [-0.05, 0) is 37.0 Å². The first kappa shape index (κ1) is 15.3. The Morgan fingerprint density at radius 3 is 2.58 bits per heavy atom.